The van der Waals surface area contributed by atoms with Gasteiger partial charge < -0.3 is 19.6 Å². The highest BCUT2D eigenvalue weighted by atomic mass is 32.2. The number of oxime groups is 1. The summed E-state index contributed by atoms with van der Waals surface area (Å²) in [5, 5.41) is 17.2. The van der Waals surface area contributed by atoms with Crippen molar-refractivity contribution in [3.8, 4) is 0 Å². The zero-order valence-corrected chi connectivity index (χ0v) is 24.0. The van der Waals surface area contributed by atoms with Crippen LogP contribution in [0.3, 0.4) is 0 Å². The van der Waals surface area contributed by atoms with Gasteiger partial charge in [-0.2, -0.15) is 0 Å². The number of hydrogen-bond acceptors (Lipinski definition) is 11. The number of nitrogens with one attached hydrogen (secondary N) is 1. The Kier molecular flexibility index (Phi) is 10.4. The Morgan fingerprint density at radius 3 is 2.62 bits per heavy atom. The van der Waals surface area contributed by atoms with Crippen molar-refractivity contribution >= 4 is 37.9 Å². The number of methoxy groups -OCH3 is 1. The van der Waals surface area contributed by atoms with E-state index in [2.05, 4.69) is 32.3 Å². The zero-order chi connectivity index (χ0) is 27.8. The van der Waals surface area contributed by atoms with Crippen molar-refractivity contribution in [1.29, 1.82) is 0 Å². The molecule has 2 aliphatic rings. The number of benzene rings is 1. The van der Waals surface area contributed by atoms with Gasteiger partial charge in [0.1, 0.15) is 6.10 Å². The summed E-state index contributed by atoms with van der Waals surface area (Å²) in [5.41, 5.74) is 0.423. The van der Waals surface area contributed by atoms with Crippen LogP contribution in [0.5, 0.6) is 0 Å². The van der Waals surface area contributed by atoms with Crippen LogP contribution in [0.2, 0.25) is 0 Å². The van der Waals surface area contributed by atoms with Crippen molar-refractivity contribution in [2.24, 2.45) is 5.16 Å². The van der Waals surface area contributed by atoms with Gasteiger partial charge in [0.15, 0.2) is 20.7 Å². The largest absolute Gasteiger partial charge is 0.393 e. The van der Waals surface area contributed by atoms with E-state index in [1.807, 2.05) is 0 Å². The van der Waals surface area contributed by atoms with Crippen molar-refractivity contribution < 1.29 is 27.9 Å². The van der Waals surface area contributed by atoms with Crippen LogP contribution in [0.1, 0.15) is 36.1 Å². The SMILES string of the molecule is COCCCS(=O)(=O)c1ccc(/C(=N\O[C@@H]2CC[C@@H](O)C2)C(=O)Nc2ncc(CN3CCN(C)CC3)s2)cc1. The highest BCUT2D eigenvalue weighted by Gasteiger charge is 2.26. The number of ether oxygens (including phenoxy) is 1. The van der Waals surface area contributed by atoms with E-state index in [0.717, 1.165) is 37.6 Å². The Balaban J connectivity index is 1.47. The quantitative estimate of drug-likeness (QED) is 0.220. The Hall–Kier alpha value is -2.42. The average molecular weight is 580 g/mol. The van der Waals surface area contributed by atoms with Crippen LogP contribution in [-0.2, 0) is 30.8 Å². The van der Waals surface area contributed by atoms with Gasteiger partial charge in [-0.15, -0.1) is 11.3 Å². The first-order chi connectivity index (χ1) is 18.7. The van der Waals surface area contributed by atoms with E-state index in [1.165, 1.54) is 30.6 Å². The van der Waals surface area contributed by atoms with E-state index in [1.54, 1.807) is 18.3 Å². The smallest absolute Gasteiger partial charge is 0.280 e. The molecule has 4 rings (SSSR count). The van der Waals surface area contributed by atoms with Gasteiger partial charge >= 0.3 is 0 Å². The normalized spacial score (nSPS) is 21.3. The minimum absolute atomic E-state index is 0.00976. The Morgan fingerprint density at radius 1 is 1.21 bits per heavy atom. The second kappa shape index (κ2) is 13.8. The molecule has 1 amide bonds. The molecule has 13 heteroatoms. The lowest BCUT2D eigenvalue weighted by molar-refractivity contribution is -0.110. The van der Waals surface area contributed by atoms with Gasteiger partial charge in [0.2, 0.25) is 0 Å². The lowest BCUT2D eigenvalue weighted by atomic mass is 10.1. The number of aromatic nitrogens is 1. The van der Waals surface area contributed by atoms with Gasteiger partial charge in [-0.25, -0.2) is 13.4 Å². The van der Waals surface area contributed by atoms with Crippen LogP contribution in [0.15, 0.2) is 40.5 Å². The van der Waals surface area contributed by atoms with Gasteiger partial charge in [0.25, 0.3) is 5.91 Å². The number of amides is 1. The summed E-state index contributed by atoms with van der Waals surface area (Å²) in [6, 6.07) is 6.04. The van der Waals surface area contributed by atoms with Crippen molar-refractivity contribution in [1.82, 2.24) is 14.8 Å². The minimum Gasteiger partial charge on any atom is -0.393 e. The fraction of sp³-hybridized carbons (Fsp3) is 0.577. The molecule has 1 aliphatic heterocycles. The molecule has 1 aliphatic carbocycles. The second-order valence-corrected chi connectivity index (χ2v) is 13.2. The predicted octanol–water partition coefficient (Wildman–Crippen LogP) is 1.97. The number of sulfone groups is 1. The van der Waals surface area contributed by atoms with Gasteiger partial charge in [-0.3, -0.25) is 15.0 Å². The van der Waals surface area contributed by atoms with Crippen LogP contribution in [0.25, 0.3) is 0 Å². The third kappa shape index (κ3) is 8.53. The molecule has 0 bridgehead atoms. The molecule has 1 aromatic heterocycles. The Bertz CT molecular complexity index is 1230. The summed E-state index contributed by atoms with van der Waals surface area (Å²) < 4.78 is 30.2. The van der Waals surface area contributed by atoms with Crippen LogP contribution in [-0.4, -0.2) is 105 Å². The molecule has 1 aromatic carbocycles. The highest BCUT2D eigenvalue weighted by molar-refractivity contribution is 7.91. The molecule has 2 N–H and O–H groups in total. The van der Waals surface area contributed by atoms with Gasteiger partial charge in [0.05, 0.1) is 16.8 Å². The fourth-order valence-electron chi connectivity index (χ4n) is 4.52. The van der Waals surface area contributed by atoms with E-state index in [4.69, 9.17) is 9.57 Å². The Morgan fingerprint density at radius 2 is 1.95 bits per heavy atom. The number of carbonyl (C=O) groups is 1. The maximum Gasteiger partial charge on any atom is 0.280 e. The monoisotopic (exact) mass is 579 g/mol. The molecular formula is C26H37N5O6S2. The number of anilines is 1. The first-order valence-corrected chi connectivity index (χ1v) is 15.6. The van der Waals surface area contributed by atoms with Crippen LogP contribution < -0.4 is 5.32 Å². The molecule has 0 spiro atoms. The van der Waals surface area contributed by atoms with Gasteiger partial charge in [-0.05, 0) is 38.4 Å². The minimum atomic E-state index is -3.48. The molecule has 0 unspecified atom stereocenters. The van der Waals surface area contributed by atoms with Gasteiger partial charge in [0, 0.05) is 69.5 Å². The molecule has 1 saturated heterocycles. The van der Waals surface area contributed by atoms with Crippen molar-refractivity contribution in [2.45, 2.75) is 49.3 Å². The summed E-state index contributed by atoms with van der Waals surface area (Å²) in [6.07, 6.45) is 3.13. The fourth-order valence-corrected chi connectivity index (χ4v) is 6.65. The summed E-state index contributed by atoms with van der Waals surface area (Å²) >= 11 is 1.41. The van der Waals surface area contributed by atoms with Crippen molar-refractivity contribution in [3.63, 3.8) is 0 Å². The third-order valence-electron chi connectivity index (χ3n) is 6.86. The topological polar surface area (TPSA) is 134 Å². The van der Waals surface area contributed by atoms with Crippen LogP contribution in [0.4, 0.5) is 5.13 Å². The predicted molar refractivity (Wildman–Crippen MR) is 150 cm³/mol. The third-order valence-corrected chi connectivity index (χ3v) is 9.58. The molecule has 39 heavy (non-hydrogen) atoms. The second-order valence-electron chi connectivity index (χ2n) is 9.99. The maximum absolute atomic E-state index is 13.3. The lowest BCUT2D eigenvalue weighted by Crippen LogP contribution is -2.43. The van der Waals surface area contributed by atoms with E-state index in [0.29, 0.717) is 43.0 Å². The summed E-state index contributed by atoms with van der Waals surface area (Å²) in [5.74, 6) is -0.542. The molecule has 2 fully saturated rings. The highest BCUT2D eigenvalue weighted by Crippen LogP contribution is 2.24. The number of aliphatic hydroxyl groups is 1. The van der Waals surface area contributed by atoms with E-state index in [9.17, 15) is 18.3 Å². The molecule has 1 saturated carbocycles. The molecule has 11 nitrogen and oxygen atoms in total. The molecule has 0 radical (unpaired) electrons. The van der Waals surface area contributed by atoms with E-state index < -0.39 is 21.8 Å². The number of carbonyl (C=O) groups excluding carboxylic acids is 1. The molecule has 2 atom stereocenters. The molecule has 214 valence electrons. The summed E-state index contributed by atoms with van der Waals surface area (Å²) in [6.45, 7) is 5.14. The summed E-state index contributed by atoms with van der Waals surface area (Å²) in [4.78, 5) is 29.2. The molecule has 2 aromatic rings. The number of nitrogens with zero attached hydrogens (tertiary/aromatic N) is 4. The standard InChI is InChI=1S/C26H37N5O6S2/c1-30-10-12-31(13-11-30)18-22-17-27-26(38-22)28-25(33)24(29-37-21-7-6-20(32)16-21)19-4-8-23(9-5-19)39(34,35)15-3-14-36-2/h4-5,8-9,17,20-21,32H,3,6-7,10-16,18H2,1-2H3,(H,27,28,33)/b29-24+/t20-,21-/m1/s1. The first kappa shape index (κ1) is 29.6. The number of likely N-dealkylation sites (N-methyl/N-ethyl adjacent to an activating group) is 1. The first-order valence-electron chi connectivity index (χ1n) is 13.1. The number of hydrogen-bond donors (Lipinski definition) is 2. The number of rotatable bonds is 12. The van der Waals surface area contributed by atoms with Crippen LogP contribution in [0, 0.1) is 0 Å². The average Bonchev–Trinajstić information content (AvgIpc) is 3.54. The van der Waals surface area contributed by atoms with E-state index in [-0.39, 0.29) is 22.5 Å². The van der Waals surface area contributed by atoms with E-state index >= 15 is 0 Å². The van der Waals surface area contributed by atoms with Gasteiger partial charge in [-0.1, -0.05) is 17.3 Å². The number of aliphatic hydroxyl groups excluding tert-OH is 1. The van der Waals surface area contributed by atoms with Crippen molar-refractivity contribution in [2.75, 3.05) is 58.0 Å². The van der Waals surface area contributed by atoms with Crippen LogP contribution >= 0.6 is 11.3 Å². The van der Waals surface area contributed by atoms with Crippen molar-refractivity contribution in [3.05, 3.63) is 40.9 Å². The number of thiazole rings is 1. The zero-order valence-electron chi connectivity index (χ0n) is 22.4. The Labute approximate surface area is 233 Å². The molecule has 2 heterocycles. The lowest BCUT2D eigenvalue weighted by Gasteiger charge is -2.31. The number of piperazine rings is 1. The summed E-state index contributed by atoms with van der Waals surface area (Å²) in [7, 11) is 0.163. The maximum atomic E-state index is 13.3. The molecular weight excluding hydrogens is 542 g/mol.